The first kappa shape index (κ1) is 11.3. The summed E-state index contributed by atoms with van der Waals surface area (Å²) in [6, 6.07) is 2.97. The summed E-state index contributed by atoms with van der Waals surface area (Å²) in [6.45, 7) is 0. The highest BCUT2D eigenvalue weighted by atomic mass is 15.3. The van der Waals surface area contributed by atoms with Gasteiger partial charge in [-0.1, -0.05) is 38.5 Å². The summed E-state index contributed by atoms with van der Waals surface area (Å²) in [7, 11) is 0. The molecule has 0 atom stereocenters. The molecule has 0 amide bonds. The average molecular weight is 232 g/mol. The van der Waals surface area contributed by atoms with Crippen LogP contribution in [0.4, 0.5) is 0 Å². The Balaban J connectivity index is 1.70. The van der Waals surface area contributed by atoms with E-state index in [2.05, 4.69) is 16.9 Å². The average Bonchev–Trinajstić information content (AvgIpc) is 2.95. The monoisotopic (exact) mass is 232 g/mol. The zero-order chi connectivity index (χ0) is 11.5. The summed E-state index contributed by atoms with van der Waals surface area (Å²) in [5.74, 6) is 0.766. The third-order valence-corrected chi connectivity index (χ3v) is 4.60. The molecule has 3 rings (SSSR count). The lowest BCUT2D eigenvalue weighted by atomic mass is 10.1. The Morgan fingerprint density at radius 2 is 1.53 bits per heavy atom. The normalized spacial score (nSPS) is 24.0. The van der Waals surface area contributed by atoms with E-state index in [1.54, 1.807) is 0 Å². The van der Waals surface area contributed by atoms with Crippen LogP contribution in [0.1, 0.15) is 81.9 Å². The van der Waals surface area contributed by atoms with E-state index in [-0.39, 0.29) is 0 Å². The maximum absolute atomic E-state index is 4.87. The van der Waals surface area contributed by atoms with Gasteiger partial charge in [-0.3, -0.25) is 4.68 Å². The Morgan fingerprint density at radius 3 is 2.24 bits per heavy atom. The van der Waals surface area contributed by atoms with Gasteiger partial charge in [0.05, 0.1) is 11.7 Å². The van der Waals surface area contributed by atoms with E-state index < -0.39 is 0 Å². The molecule has 2 aliphatic rings. The molecule has 1 aromatic heterocycles. The Bertz CT molecular complexity index is 342. The third-order valence-electron chi connectivity index (χ3n) is 4.60. The van der Waals surface area contributed by atoms with Gasteiger partial charge < -0.3 is 0 Å². The van der Waals surface area contributed by atoms with Gasteiger partial charge in [0.25, 0.3) is 0 Å². The van der Waals surface area contributed by atoms with E-state index >= 15 is 0 Å². The van der Waals surface area contributed by atoms with Crippen LogP contribution in [0.2, 0.25) is 0 Å². The van der Waals surface area contributed by atoms with Gasteiger partial charge in [0.1, 0.15) is 0 Å². The number of aromatic nitrogens is 2. The van der Waals surface area contributed by atoms with E-state index in [1.165, 1.54) is 69.9 Å². The van der Waals surface area contributed by atoms with Crippen LogP contribution in [-0.4, -0.2) is 9.78 Å². The van der Waals surface area contributed by atoms with Crippen molar-refractivity contribution in [2.24, 2.45) is 0 Å². The van der Waals surface area contributed by atoms with E-state index in [0.717, 1.165) is 5.92 Å². The maximum atomic E-state index is 4.87. The molecule has 94 valence electrons. The number of rotatable bonds is 2. The zero-order valence-electron chi connectivity index (χ0n) is 10.8. The highest BCUT2D eigenvalue weighted by molar-refractivity contribution is 5.08. The standard InChI is InChI=1S/C15H24N2/c1-2-4-10-14(9-3-1)17-12-11-15(16-17)13-7-5-6-8-13/h11-14H,1-10H2. The van der Waals surface area contributed by atoms with Gasteiger partial charge in [-0.25, -0.2) is 0 Å². The van der Waals surface area contributed by atoms with Crippen LogP contribution >= 0.6 is 0 Å². The summed E-state index contributed by atoms with van der Waals surface area (Å²) in [5.41, 5.74) is 1.37. The molecular weight excluding hydrogens is 208 g/mol. The SMILES string of the molecule is c1cn(C2CCCCCC2)nc1C1CCCC1. The maximum Gasteiger partial charge on any atom is 0.0655 e. The second kappa shape index (κ2) is 5.24. The molecule has 0 aromatic carbocycles. The highest BCUT2D eigenvalue weighted by Gasteiger charge is 2.21. The minimum Gasteiger partial charge on any atom is -0.269 e. The minimum absolute atomic E-state index is 0.688. The van der Waals surface area contributed by atoms with Gasteiger partial charge in [-0.2, -0.15) is 5.10 Å². The van der Waals surface area contributed by atoms with Crippen molar-refractivity contribution in [1.82, 2.24) is 9.78 Å². The van der Waals surface area contributed by atoms with Crippen molar-refractivity contribution in [3.05, 3.63) is 18.0 Å². The summed E-state index contributed by atoms with van der Waals surface area (Å²) in [5, 5.41) is 4.87. The molecule has 0 spiro atoms. The molecule has 1 aromatic rings. The zero-order valence-corrected chi connectivity index (χ0v) is 10.8. The van der Waals surface area contributed by atoms with Crippen LogP contribution in [-0.2, 0) is 0 Å². The predicted molar refractivity (Wildman–Crippen MR) is 70.2 cm³/mol. The second-order valence-corrected chi connectivity index (χ2v) is 5.85. The molecule has 2 saturated carbocycles. The molecule has 2 aliphatic carbocycles. The topological polar surface area (TPSA) is 17.8 Å². The fraction of sp³-hybridized carbons (Fsp3) is 0.800. The molecule has 0 bridgehead atoms. The molecule has 17 heavy (non-hydrogen) atoms. The summed E-state index contributed by atoms with van der Waals surface area (Å²) in [6.07, 6.45) is 16.1. The Hall–Kier alpha value is -0.790. The van der Waals surface area contributed by atoms with Gasteiger partial charge in [0.2, 0.25) is 0 Å². The highest BCUT2D eigenvalue weighted by Crippen LogP contribution is 2.34. The largest absolute Gasteiger partial charge is 0.269 e. The molecular formula is C15H24N2. The van der Waals surface area contributed by atoms with Crippen LogP contribution < -0.4 is 0 Å². The van der Waals surface area contributed by atoms with Crippen LogP contribution in [0.15, 0.2) is 12.3 Å². The lowest BCUT2D eigenvalue weighted by molar-refractivity contribution is 0.401. The van der Waals surface area contributed by atoms with Crippen LogP contribution in [0.3, 0.4) is 0 Å². The molecule has 0 unspecified atom stereocenters. The molecule has 2 nitrogen and oxygen atoms in total. The molecule has 2 fully saturated rings. The quantitative estimate of drug-likeness (QED) is 0.689. The Morgan fingerprint density at radius 1 is 0.882 bits per heavy atom. The van der Waals surface area contributed by atoms with Gasteiger partial charge in [-0.05, 0) is 31.7 Å². The molecule has 0 N–H and O–H groups in total. The van der Waals surface area contributed by atoms with Crippen LogP contribution in [0.5, 0.6) is 0 Å². The molecule has 0 radical (unpaired) electrons. The Labute approximate surface area is 104 Å². The molecule has 0 saturated heterocycles. The van der Waals surface area contributed by atoms with Crippen molar-refractivity contribution >= 4 is 0 Å². The van der Waals surface area contributed by atoms with Crippen molar-refractivity contribution in [3.63, 3.8) is 0 Å². The lowest BCUT2D eigenvalue weighted by Crippen LogP contribution is -2.09. The Kier molecular flexibility index (Phi) is 3.49. The number of nitrogens with zero attached hydrogens (tertiary/aromatic N) is 2. The molecule has 0 aliphatic heterocycles. The molecule has 2 heteroatoms. The van der Waals surface area contributed by atoms with Crippen molar-refractivity contribution < 1.29 is 0 Å². The van der Waals surface area contributed by atoms with Crippen LogP contribution in [0, 0.1) is 0 Å². The summed E-state index contributed by atoms with van der Waals surface area (Å²) >= 11 is 0. The van der Waals surface area contributed by atoms with Gasteiger partial charge >= 0.3 is 0 Å². The van der Waals surface area contributed by atoms with E-state index in [1.807, 2.05) is 0 Å². The van der Waals surface area contributed by atoms with Crippen LogP contribution in [0.25, 0.3) is 0 Å². The molecule has 1 heterocycles. The fourth-order valence-electron chi connectivity index (χ4n) is 3.52. The smallest absolute Gasteiger partial charge is 0.0655 e. The van der Waals surface area contributed by atoms with Crippen molar-refractivity contribution in [2.75, 3.05) is 0 Å². The first-order chi connectivity index (χ1) is 8.43. The fourth-order valence-corrected chi connectivity index (χ4v) is 3.52. The van der Waals surface area contributed by atoms with E-state index in [9.17, 15) is 0 Å². The van der Waals surface area contributed by atoms with Gasteiger partial charge in [-0.15, -0.1) is 0 Å². The number of hydrogen-bond acceptors (Lipinski definition) is 1. The third kappa shape index (κ3) is 2.56. The number of hydrogen-bond donors (Lipinski definition) is 0. The summed E-state index contributed by atoms with van der Waals surface area (Å²) < 4.78 is 2.28. The lowest BCUT2D eigenvalue weighted by Gasteiger charge is -2.14. The van der Waals surface area contributed by atoms with Gasteiger partial charge in [0, 0.05) is 12.1 Å². The minimum atomic E-state index is 0.688. The van der Waals surface area contributed by atoms with Crippen molar-refractivity contribution in [1.29, 1.82) is 0 Å². The predicted octanol–water partition coefficient (Wildman–Crippen LogP) is 4.44. The van der Waals surface area contributed by atoms with Crippen molar-refractivity contribution in [2.45, 2.75) is 76.2 Å². The van der Waals surface area contributed by atoms with Gasteiger partial charge in [0.15, 0.2) is 0 Å². The summed E-state index contributed by atoms with van der Waals surface area (Å²) in [4.78, 5) is 0. The van der Waals surface area contributed by atoms with E-state index in [0.29, 0.717) is 6.04 Å². The van der Waals surface area contributed by atoms with Crippen molar-refractivity contribution in [3.8, 4) is 0 Å². The first-order valence-electron chi connectivity index (χ1n) is 7.48. The van der Waals surface area contributed by atoms with E-state index in [4.69, 9.17) is 5.10 Å². The second-order valence-electron chi connectivity index (χ2n) is 5.85. The first-order valence-corrected chi connectivity index (χ1v) is 7.48.